The number of sulfonamides is 1. The van der Waals surface area contributed by atoms with E-state index < -0.39 is 10.0 Å². The summed E-state index contributed by atoms with van der Waals surface area (Å²) in [5.41, 5.74) is 0. The molecule has 21 heavy (non-hydrogen) atoms. The molecule has 0 spiro atoms. The van der Waals surface area contributed by atoms with Gasteiger partial charge in [-0.2, -0.15) is 4.31 Å². The minimum atomic E-state index is -3.40. The van der Waals surface area contributed by atoms with Crippen LogP contribution in [0, 0.1) is 5.92 Å². The van der Waals surface area contributed by atoms with Crippen molar-refractivity contribution in [3.05, 3.63) is 14.7 Å². The van der Waals surface area contributed by atoms with Crippen LogP contribution in [0.15, 0.2) is 14.7 Å². The molecule has 1 aromatic rings. The van der Waals surface area contributed by atoms with Gasteiger partial charge in [0.1, 0.15) is 4.90 Å². The molecule has 2 rings (SSSR count). The lowest BCUT2D eigenvalue weighted by Crippen LogP contribution is -2.38. The molecule has 1 fully saturated rings. The van der Waals surface area contributed by atoms with Crippen LogP contribution in [0.3, 0.4) is 0 Å². The second kappa shape index (κ2) is 7.08. The lowest BCUT2D eigenvalue weighted by Gasteiger charge is -2.26. The maximum Gasteiger partial charge on any atom is 0.245 e. The highest BCUT2D eigenvalue weighted by molar-refractivity contribution is 9.11. The van der Waals surface area contributed by atoms with Crippen molar-refractivity contribution >= 4 is 37.3 Å². The highest BCUT2D eigenvalue weighted by Crippen LogP contribution is 2.37. The van der Waals surface area contributed by atoms with Crippen molar-refractivity contribution in [3.8, 4) is 0 Å². The van der Waals surface area contributed by atoms with Crippen molar-refractivity contribution in [2.75, 3.05) is 13.1 Å². The van der Waals surface area contributed by atoms with Gasteiger partial charge in [0, 0.05) is 24.0 Å². The molecule has 0 aliphatic carbocycles. The molecule has 1 aromatic heterocycles. The first kappa shape index (κ1) is 17.4. The molecular formula is C14H23BrN2O2S2. The van der Waals surface area contributed by atoms with Crippen LogP contribution in [-0.2, 0) is 16.6 Å². The standard InChI is InChI=1S/C14H23BrN2O2S2/c1-4-16-9-11-8-13(14(15)20-11)21(18,19)17-7-5-6-12(17)10(2)3/h8,10,12,16H,4-7,9H2,1-3H3. The Morgan fingerprint density at radius 1 is 1.52 bits per heavy atom. The second-order valence-electron chi connectivity index (χ2n) is 5.70. The van der Waals surface area contributed by atoms with Gasteiger partial charge >= 0.3 is 0 Å². The fraction of sp³-hybridized carbons (Fsp3) is 0.714. The third-order valence-electron chi connectivity index (χ3n) is 3.86. The summed E-state index contributed by atoms with van der Waals surface area (Å²) in [6, 6.07) is 1.93. The third-order valence-corrected chi connectivity index (χ3v) is 8.04. The van der Waals surface area contributed by atoms with Crippen LogP contribution < -0.4 is 5.32 Å². The summed E-state index contributed by atoms with van der Waals surface area (Å²) in [6.07, 6.45) is 1.91. The fourth-order valence-electron chi connectivity index (χ4n) is 2.77. The summed E-state index contributed by atoms with van der Waals surface area (Å²) >= 11 is 4.93. The molecule has 1 aliphatic heterocycles. The van der Waals surface area contributed by atoms with Crippen LogP contribution in [0.1, 0.15) is 38.5 Å². The largest absolute Gasteiger partial charge is 0.312 e. The van der Waals surface area contributed by atoms with Gasteiger partial charge in [-0.1, -0.05) is 20.8 Å². The molecule has 1 saturated heterocycles. The molecule has 1 unspecified atom stereocenters. The van der Waals surface area contributed by atoms with E-state index in [1.165, 1.54) is 11.3 Å². The molecular weight excluding hydrogens is 372 g/mol. The monoisotopic (exact) mass is 394 g/mol. The van der Waals surface area contributed by atoms with Crippen LogP contribution in [0.5, 0.6) is 0 Å². The smallest absolute Gasteiger partial charge is 0.245 e. The van der Waals surface area contributed by atoms with Crippen molar-refractivity contribution in [2.45, 2.75) is 51.1 Å². The summed E-state index contributed by atoms with van der Waals surface area (Å²) in [5.74, 6) is 0.348. The molecule has 0 bridgehead atoms. The summed E-state index contributed by atoms with van der Waals surface area (Å²) in [5, 5.41) is 3.23. The molecule has 7 heteroatoms. The molecule has 0 saturated carbocycles. The van der Waals surface area contributed by atoms with E-state index in [1.807, 2.05) is 13.0 Å². The normalized spacial score (nSPS) is 20.5. The van der Waals surface area contributed by atoms with E-state index in [0.29, 0.717) is 27.7 Å². The SMILES string of the molecule is CCNCc1cc(S(=O)(=O)N2CCCC2C(C)C)c(Br)s1. The van der Waals surface area contributed by atoms with Gasteiger partial charge in [0.25, 0.3) is 0 Å². The molecule has 1 aliphatic rings. The summed E-state index contributed by atoms with van der Waals surface area (Å²) in [6.45, 7) is 8.45. The zero-order chi connectivity index (χ0) is 15.6. The van der Waals surface area contributed by atoms with E-state index in [9.17, 15) is 8.42 Å². The average molecular weight is 395 g/mol. The zero-order valence-corrected chi connectivity index (χ0v) is 15.9. The molecule has 0 amide bonds. The Bertz CT molecular complexity index is 584. The first-order valence-corrected chi connectivity index (χ1v) is 10.4. The number of hydrogen-bond donors (Lipinski definition) is 1. The Labute approximate surface area is 140 Å². The molecule has 1 atom stereocenters. The zero-order valence-electron chi connectivity index (χ0n) is 12.7. The summed E-state index contributed by atoms with van der Waals surface area (Å²) in [7, 11) is -3.40. The molecule has 1 N–H and O–H groups in total. The van der Waals surface area contributed by atoms with Crippen molar-refractivity contribution in [2.24, 2.45) is 5.92 Å². The second-order valence-corrected chi connectivity index (χ2v) is 10.0. The van der Waals surface area contributed by atoms with Crippen LogP contribution >= 0.6 is 27.3 Å². The number of thiophene rings is 1. The molecule has 4 nitrogen and oxygen atoms in total. The lowest BCUT2D eigenvalue weighted by atomic mass is 10.0. The number of rotatable bonds is 6. The van der Waals surface area contributed by atoms with Crippen LogP contribution in [0.4, 0.5) is 0 Å². The van der Waals surface area contributed by atoms with Gasteiger partial charge in [-0.25, -0.2) is 8.42 Å². The average Bonchev–Trinajstić information content (AvgIpc) is 3.03. The van der Waals surface area contributed by atoms with Crippen molar-refractivity contribution in [3.63, 3.8) is 0 Å². The minimum absolute atomic E-state index is 0.124. The quantitative estimate of drug-likeness (QED) is 0.803. The minimum Gasteiger partial charge on any atom is -0.312 e. The van der Waals surface area contributed by atoms with Gasteiger partial charge in [0.05, 0.1) is 3.79 Å². The molecule has 0 aromatic carbocycles. The maximum absolute atomic E-state index is 12.9. The highest BCUT2D eigenvalue weighted by atomic mass is 79.9. The Morgan fingerprint density at radius 2 is 2.24 bits per heavy atom. The van der Waals surface area contributed by atoms with E-state index in [4.69, 9.17) is 0 Å². The van der Waals surface area contributed by atoms with Gasteiger partial charge in [0.2, 0.25) is 10.0 Å². The van der Waals surface area contributed by atoms with E-state index >= 15 is 0 Å². The van der Waals surface area contributed by atoms with Crippen LogP contribution in [0.2, 0.25) is 0 Å². The van der Waals surface area contributed by atoms with Crippen molar-refractivity contribution in [1.82, 2.24) is 9.62 Å². The van der Waals surface area contributed by atoms with Gasteiger partial charge in [-0.05, 0) is 47.3 Å². The van der Waals surface area contributed by atoms with E-state index in [0.717, 1.165) is 24.3 Å². The topological polar surface area (TPSA) is 49.4 Å². The number of halogens is 1. The Morgan fingerprint density at radius 3 is 2.86 bits per heavy atom. The first-order valence-electron chi connectivity index (χ1n) is 7.38. The highest BCUT2D eigenvalue weighted by Gasteiger charge is 2.38. The van der Waals surface area contributed by atoms with Crippen LogP contribution in [-0.4, -0.2) is 31.9 Å². The van der Waals surface area contributed by atoms with Gasteiger partial charge < -0.3 is 5.32 Å². The molecule has 0 radical (unpaired) electrons. The van der Waals surface area contributed by atoms with Gasteiger partial charge in [-0.3, -0.25) is 0 Å². The van der Waals surface area contributed by atoms with Crippen molar-refractivity contribution in [1.29, 1.82) is 0 Å². The molecule has 120 valence electrons. The lowest BCUT2D eigenvalue weighted by molar-refractivity contribution is 0.315. The third kappa shape index (κ3) is 3.69. The first-order chi connectivity index (χ1) is 9.87. The summed E-state index contributed by atoms with van der Waals surface area (Å²) < 4.78 is 28.3. The van der Waals surface area contributed by atoms with Gasteiger partial charge in [0.15, 0.2) is 0 Å². The molecule has 2 heterocycles. The van der Waals surface area contributed by atoms with E-state index in [1.54, 1.807) is 4.31 Å². The maximum atomic E-state index is 12.9. The van der Waals surface area contributed by atoms with Crippen LogP contribution in [0.25, 0.3) is 0 Å². The summed E-state index contributed by atoms with van der Waals surface area (Å²) in [4.78, 5) is 1.47. The Hall–Kier alpha value is 0.0500. The fourth-order valence-corrected chi connectivity index (χ4v) is 7.20. The Kier molecular flexibility index (Phi) is 5.87. The number of hydrogen-bond acceptors (Lipinski definition) is 4. The predicted molar refractivity (Wildman–Crippen MR) is 91.2 cm³/mol. The van der Waals surface area contributed by atoms with E-state index in [2.05, 4.69) is 35.1 Å². The van der Waals surface area contributed by atoms with Crippen molar-refractivity contribution < 1.29 is 8.42 Å². The van der Waals surface area contributed by atoms with Gasteiger partial charge in [-0.15, -0.1) is 11.3 Å². The van der Waals surface area contributed by atoms with E-state index in [-0.39, 0.29) is 6.04 Å². The Balaban J connectivity index is 2.29. The number of nitrogens with one attached hydrogen (secondary N) is 1. The predicted octanol–water partition coefficient (Wildman–Crippen LogP) is 3.43. The number of nitrogens with zero attached hydrogens (tertiary/aromatic N) is 1.